The van der Waals surface area contributed by atoms with Gasteiger partial charge in [-0.15, -0.1) is 11.8 Å². The monoisotopic (exact) mass is 342 g/mol. The van der Waals surface area contributed by atoms with Crippen molar-refractivity contribution in [2.75, 3.05) is 17.6 Å². The molecule has 0 saturated carbocycles. The number of fused-ring (bicyclic) bond motifs is 1. The number of hydrogen-bond donors (Lipinski definition) is 2. The van der Waals surface area contributed by atoms with E-state index in [1.807, 2.05) is 42.5 Å². The molecule has 1 aliphatic heterocycles. The minimum Gasteiger partial charge on any atom is -0.478 e. The van der Waals surface area contributed by atoms with Gasteiger partial charge in [-0.3, -0.25) is 9.59 Å². The van der Waals surface area contributed by atoms with Gasteiger partial charge in [-0.2, -0.15) is 0 Å². The normalized spacial score (nSPS) is 15.8. The van der Waals surface area contributed by atoms with Crippen molar-refractivity contribution < 1.29 is 14.3 Å². The van der Waals surface area contributed by atoms with E-state index in [1.165, 1.54) is 4.90 Å². The standard InChI is InChI=1S/C18H18N2O3S/c21-17(19-10-11-24-13-6-2-1-3-7-13)12-16-18(22)20-14-8-4-5-9-15(14)23-16/h1-9,16H,10-12H2,(H,19,21)(H,20,22)/t16-/m1/s1. The summed E-state index contributed by atoms with van der Waals surface area (Å²) in [5.74, 6) is 0.885. The highest BCUT2D eigenvalue weighted by molar-refractivity contribution is 7.99. The number of carbonyl (C=O) groups is 2. The average Bonchev–Trinajstić information content (AvgIpc) is 2.60. The van der Waals surface area contributed by atoms with Crippen LogP contribution in [0.25, 0.3) is 0 Å². The summed E-state index contributed by atoms with van der Waals surface area (Å²) in [6.45, 7) is 0.545. The highest BCUT2D eigenvalue weighted by Crippen LogP contribution is 2.29. The summed E-state index contributed by atoms with van der Waals surface area (Å²) in [6, 6.07) is 17.2. The second kappa shape index (κ2) is 7.88. The summed E-state index contributed by atoms with van der Waals surface area (Å²) in [4.78, 5) is 25.2. The van der Waals surface area contributed by atoms with Crippen LogP contribution in [-0.4, -0.2) is 30.2 Å². The van der Waals surface area contributed by atoms with Gasteiger partial charge < -0.3 is 15.4 Å². The van der Waals surface area contributed by atoms with Crippen LogP contribution in [0.5, 0.6) is 5.75 Å². The lowest BCUT2D eigenvalue weighted by Gasteiger charge is -2.25. The Morgan fingerprint density at radius 1 is 1.12 bits per heavy atom. The molecule has 0 spiro atoms. The third-order valence-electron chi connectivity index (χ3n) is 3.51. The number of carbonyl (C=O) groups excluding carboxylic acids is 2. The molecule has 0 bridgehead atoms. The van der Waals surface area contributed by atoms with E-state index < -0.39 is 6.10 Å². The molecule has 1 heterocycles. The number of para-hydroxylation sites is 2. The summed E-state index contributed by atoms with van der Waals surface area (Å²) < 4.78 is 5.61. The highest BCUT2D eigenvalue weighted by Gasteiger charge is 2.29. The minimum atomic E-state index is -0.790. The molecule has 0 saturated heterocycles. The van der Waals surface area contributed by atoms with Gasteiger partial charge in [-0.25, -0.2) is 0 Å². The molecule has 124 valence electrons. The molecule has 3 rings (SSSR count). The topological polar surface area (TPSA) is 67.4 Å². The highest BCUT2D eigenvalue weighted by atomic mass is 32.2. The molecule has 5 nitrogen and oxygen atoms in total. The van der Waals surface area contributed by atoms with E-state index >= 15 is 0 Å². The Bertz CT molecular complexity index is 721. The molecule has 0 aliphatic carbocycles. The lowest BCUT2D eigenvalue weighted by molar-refractivity contribution is -0.130. The first-order valence-electron chi connectivity index (χ1n) is 7.73. The van der Waals surface area contributed by atoms with Crippen molar-refractivity contribution in [2.24, 2.45) is 0 Å². The number of nitrogens with one attached hydrogen (secondary N) is 2. The number of hydrogen-bond acceptors (Lipinski definition) is 4. The predicted molar refractivity (Wildman–Crippen MR) is 94.3 cm³/mol. The molecule has 2 amide bonds. The van der Waals surface area contributed by atoms with Crippen LogP contribution in [0, 0.1) is 0 Å². The molecule has 24 heavy (non-hydrogen) atoms. The number of amides is 2. The summed E-state index contributed by atoms with van der Waals surface area (Å²) in [5.41, 5.74) is 0.637. The zero-order chi connectivity index (χ0) is 16.8. The van der Waals surface area contributed by atoms with Crippen LogP contribution in [0.1, 0.15) is 6.42 Å². The first-order chi connectivity index (χ1) is 11.7. The molecular weight excluding hydrogens is 324 g/mol. The number of rotatable bonds is 6. The maximum Gasteiger partial charge on any atom is 0.266 e. The lowest BCUT2D eigenvalue weighted by atomic mass is 10.1. The van der Waals surface area contributed by atoms with Crippen LogP contribution in [0.15, 0.2) is 59.5 Å². The summed E-state index contributed by atoms with van der Waals surface area (Å²) in [5, 5.41) is 5.58. The predicted octanol–water partition coefficient (Wildman–Crippen LogP) is 2.68. The molecule has 0 fully saturated rings. The van der Waals surface area contributed by atoms with Gasteiger partial charge in [0.15, 0.2) is 6.10 Å². The smallest absolute Gasteiger partial charge is 0.266 e. The Labute approximate surface area is 144 Å². The summed E-state index contributed by atoms with van der Waals surface area (Å²) in [7, 11) is 0. The molecule has 1 aliphatic rings. The van der Waals surface area contributed by atoms with Crippen LogP contribution in [-0.2, 0) is 9.59 Å². The number of anilines is 1. The molecule has 1 atom stereocenters. The van der Waals surface area contributed by atoms with E-state index in [1.54, 1.807) is 23.9 Å². The molecule has 2 aromatic carbocycles. The quantitative estimate of drug-likeness (QED) is 0.626. The fourth-order valence-electron chi connectivity index (χ4n) is 2.34. The van der Waals surface area contributed by atoms with E-state index in [0.717, 1.165) is 5.75 Å². The third kappa shape index (κ3) is 4.29. The van der Waals surface area contributed by atoms with E-state index in [0.29, 0.717) is 18.0 Å². The van der Waals surface area contributed by atoms with Gasteiger partial charge in [0.05, 0.1) is 12.1 Å². The Kier molecular flexibility index (Phi) is 5.38. The zero-order valence-electron chi connectivity index (χ0n) is 13.0. The van der Waals surface area contributed by atoms with Crippen molar-refractivity contribution >= 4 is 29.3 Å². The lowest BCUT2D eigenvalue weighted by Crippen LogP contribution is -2.41. The van der Waals surface area contributed by atoms with Gasteiger partial charge in [0.1, 0.15) is 5.75 Å². The second-order valence-electron chi connectivity index (χ2n) is 5.31. The average molecular weight is 342 g/mol. The molecular formula is C18H18N2O3S. The Balaban J connectivity index is 1.43. The van der Waals surface area contributed by atoms with Crippen LogP contribution in [0.4, 0.5) is 5.69 Å². The van der Waals surface area contributed by atoms with Crippen LogP contribution < -0.4 is 15.4 Å². The first kappa shape index (κ1) is 16.4. The largest absolute Gasteiger partial charge is 0.478 e. The van der Waals surface area contributed by atoms with Crippen molar-refractivity contribution in [3.05, 3.63) is 54.6 Å². The van der Waals surface area contributed by atoms with Crippen molar-refractivity contribution in [2.45, 2.75) is 17.4 Å². The molecule has 0 aromatic heterocycles. The maximum atomic E-state index is 12.0. The van der Waals surface area contributed by atoms with Crippen LogP contribution in [0.3, 0.4) is 0 Å². The third-order valence-corrected chi connectivity index (χ3v) is 4.53. The minimum absolute atomic E-state index is 0.0101. The van der Waals surface area contributed by atoms with Crippen molar-refractivity contribution in [3.8, 4) is 5.75 Å². The zero-order valence-corrected chi connectivity index (χ0v) is 13.8. The van der Waals surface area contributed by atoms with Gasteiger partial charge >= 0.3 is 0 Å². The van der Waals surface area contributed by atoms with Gasteiger partial charge in [0, 0.05) is 17.2 Å². The van der Waals surface area contributed by atoms with Crippen molar-refractivity contribution in [3.63, 3.8) is 0 Å². The van der Waals surface area contributed by atoms with Gasteiger partial charge in [-0.1, -0.05) is 30.3 Å². The van der Waals surface area contributed by atoms with Crippen molar-refractivity contribution in [1.29, 1.82) is 0 Å². The van der Waals surface area contributed by atoms with Gasteiger partial charge in [-0.05, 0) is 24.3 Å². The summed E-state index contributed by atoms with van der Waals surface area (Å²) in [6.07, 6.45) is -0.780. The van der Waals surface area contributed by atoms with Gasteiger partial charge in [0.2, 0.25) is 5.91 Å². The molecule has 0 unspecified atom stereocenters. The van der Waals surface area contributed by atoms with E-state index in [9.17, 15) is 9.59 Å². The fraction of sp³-hybridized carbons (Fsp3) is 0.222. The van der Waals surface area contributed by atoms with E-state index in [2.05, 4.69) is 10.6 Å². The Morgan fingerprint density at radius 2 is 1.88 bits per heavy atom. The maximum absolute atomic E-state index is 12.0. The molecule has 6 heteroatoms. The second-order valence-corrected chi connectivity index (χ2v) is 6.48. The Hall–Kier alpha value is -2.47. The molecule has 0 radical (unpaired) electrons. The van der Waals surface area contributed by atoms with E-state index in [-0.39, 0.29) is 18.2 Å². The molecule has 2 aromatic rings. The van der Waals surface area contributed by atoms with Crippen LogP contribution >= 0.6 is 11.8 Å². The summed E-state index contributed by atoms with van der Waals surface area (Å²) >= 11 is 1.67. The van der Waals surface area contributed by atoms with Crippen LogP contribution in [0.2, 0.25) is 0 Å². The van der Waals surface area contributed by atoms with E-state index in [4.69, 9.17) is 4.74 Å². The Morgan fingerprint density at radius 3 is 2.71 bits per heavy atom. The fourth-order valence-corrected chi connectivity index (χ4v) is 3.13. The number of benzene rings is 2. The number of ether oxygens (including phenoxy) is 1. The van der Waals surface area contributed by atoms with Crippen molar-refractivity contribution in [1.82, 2.24) is 5.32 Å². The molecule has 2 N–H and O–H groups in total. The SMILES string of the molecule is O=C(C[C@H]1Oc2ccccc2NC1=O)NCCSc1ccccc1. The number of thioether (sulfide) groups is 1. The van der Waals surface area contributed by atoms with Gasteiger partial charge in [0.25, 0.3) is 5.91 Å². The first-order valence-corrected chi connectivity index (χ1v) is 8.72.